The van der Waals surface area contributed by atoms with Gasteiger partial charge in [0, 0.05) is 5.41 Å². The number of esters is 5. The molecule has 8 aliphatic rings. The van der Waals surface area contributed by atoms with E-state index >= 15 is 0 Å². The molecule has 0 aromatic rings. The summed E-state index contributed by atoms with van der Waals surface area (Å²) in [7, 11) is 0. The fraction of sp³-hybridized carbons (Fsp3) is 0.867. The van der Waals surface area contributed by atoms with Crippen LogP contribution in [0.5, 0.6) is 0 Å². The standard InChI is InChI=1S/C23H32F4O5.C22H32F2O6/c1-3-14(2)19(29)31-4-5-32-20(30)23(26,27)13-22(24,25)12-18(28)21-9-15-6-16(10-21)8-17(7-15)11-21;1-4-20(2,3)17(25)28-5-6-29-19(27)22(23,24)13-30-18(26)21-10-14-7-15(11-21)9-16(8-14)12-21/h14-17H,3-13H2,1-2H3;14-16H,4-13H2,1-3H3. The molecular weight excluding hydrogens is 830 g/mol. The van der Waals surface area contributed by atoms with Crippen LogP contribution in [0.3, 0.4) is 0 Å². The molecule has 0 saturated heterocycles. The highest BCUT2D eigenvalue weighted by Gasteiger charge is 2.59. The Balaban J connectivity index is 0.000000235. The average molecular weight is 895 g/mol. The van der Waals surface area contributed by atoms with Crippen LogP contribution in [0.4, 0.5) is 26.3 Å². The van der Waals surface area contributed by atoms with Gasteiger partial charge in [-0.1, -0.05) is 20.8 Å². The Morgan fingerprint density at radius 3 is 1.37 bits per heavy atom. The Hall–Kier alpha value is -3.40. The van der Waals surface area contributed by atoms with Crippen molar-refractivity contribution >= 4 is 35.6 Å². The van der Waals surface area contributed by atoms with Gasteiger partial charge in [-0.05, 0) is 139 Å². The number of Topliss-reactive ketones (excluding diaryl/α,β-unsaturated/α-hetero) is 1. The van der Waals surface area contributed by atoms with Crippen LogP contribution in [0.1, 0.15) is 137 Å². The normalized spacial score (nSPS) is 30.1. The number of carbonyl (C=O) groups is 6. The van der Waals surface area contributed by atoms with Gasteiger partial charge >= 0.3 is 41.7 Å². The van der Waals surface area contributed by atoms with Crippen molar-refractivity contribution in [1.82, 2.24) is 0 Å². The quantitative estimate of drug-likeness (QED) is 0.0500. The summed E-state index contributed by atoms with van der Waals surface area (Å²) >= 11 is 0. The molecule has 0 aromatic heterocycles. The third-order valence-electron chi connectivity index (χ3n) is 14.5. The molecule has 8 rings (SSSR count). The first kappa shape index (κ1) is 49.6. The number of hydrogen-bond acceptors (Lipinski definition) is 11. The third-order valence-corrected chi connectivity index (χ3v) is 14.5. The molecule has 8 saturated carbocycles. The van der Waals surface area contributed by atoms with Gasteiger partial charge in [0.2, 0.25) is 0 Å². The summed E-state index contributed by atoms with van der Waals surface area (Å²) in [5, 5.41) is 0. The first-order chi connectivity index (χ1) is 28.8. The van der Waals surface area contributed by atoms with Gasteiger partial charge in [0.15, 0.2) is 6.61 Å². The van der Waals surface area contributed by atoms with E-state index in [1.807, 2.05) is 6.92 Å². The maximum Gasteiger partial charge on any atom is 0.380 e. The number of hydrogen-bond donors (Lipinski definition) is 0. The van der Waals surface area contributed by atoms with Gasteiger partial charge in [-0.15, -0.1) is 0 Å². The molecule has 0 amide bonds. The van der Waals surface area contributed by atoms with Gasteiger partial charge in [0.25, 0.3) is 5.92 Å². The summed E-state index contributed by atoms with van der Waals surface area (Å²) in [4.78, 5) is 72.2. The van der Waals surface area contributed by atoms with E-state index in [1.165, 1.54) is 0 Å². The van der Waals surface area contributed by atoms with Crippen LogP contribution in [0.15, 0.2) is 0 Å². The Morgan fingerprint density at radius 2 is 0.952 bits per heavy atom. The Bertz CT molecular complexity index is 1590. The number of rotatable bonds is 20. The van der Waals surface area contributed by atoms with E-state index < -0.39 is 115 Å². The van der Waals surface area contributed by atoms with Crippen molar-refractivity contribution in [3.05, 3.63) is 0 Å². The maximum absolute atomic E-state index is 14.5. The second-order valence-electron chi connectivity index (χ2n) is 20.1. The number of ether oxygens (including phenoxy) is 5. The van der Waals surface area contributed by atoms with E-state index in [4.69, 9.17) is 14.2 Å². The van der Waals surface area contributed by atoms with E-state index in [9.17, 15) is 55.1 Å². The molecule has 0 radical (unpaired) electrons. The van der Waals surface area contributed by atoms with Crippen molar-refractivity contribution in [2.75, 3.05) is 33.0 Å². The molecular formula is C45H64F6O11. The minimum absolute atomic E-state index is 0.308. The predicted molar refractivity (Wildman–Crippen MR) is 209 cm³/mol. The van der Waals surface area contributed by atoms with Gasteiger partial charge < -0.3 is 23.7 Å². The van der Waals surface area contributed by atoms with E-state index in [1.54, 1.807) is 27.7 Å². The molecule has 11 nitrogen and oxygen atoms in total. The molecule has 8 fully saturated rings. The second kappa shape index (κ2) is 19.4. The van der Waals surface area contributed by atoms with Crippen molar-refractivity contribution in [2.45, 2.75) is 155 Å². The zero-order chi connectivity index (χ0) is 45.9. The van der Waals surface area contributed by atoms with Crippen LogP contribution in [0, 0.1) is 57.7 Å². The molecule has 8 bridgehead atoms. The lowest BCUT2D eigenvalue weighted by Gasteiger charge is -2.56. The fourth-order valence-corrected chi connectivity index (χ4v) is 11.5. The molecule has 1 unspecified atom stereocenters. The van der Waals surface area contributed by atoms with Crippen LogP contribution < -0.4 is 0 Å². The highest BCUT2D eigenvalue weighted by atomic mass is 19.3. The molecule has 0 aliphatic heterocycles. The van der Waals surface area contributed by atoms with Gasteiger partial charge in [-0.2, -0.15) is 17.6 Å². The first-order valence-electron chi connectivity index (χ1n) is 22.4. The Morgan fingerprint density at radius 1 is 0.565 bits per heavy atom. The zero-order valence-corrected chi connectivity index (χ0v) is 36.6. The fourth-order valence-electron chi connectivity index (χ4n) is 11.5. The average Bonchev–Trinajstić information content (AvgIpc) is 3.18. The zero-order valence-electron chi connectivity index (χ0n) is 36.6. The van der Waals surface area contributed by atoms with Crippen molar-refractivity contribution in [1.29, 1.82) is 0 Å². The van der Waals surface area contributed by atoms with E-state index in [0.717, 1.165) is 38.5 Å². The van der Waals surface area contributed by atoms with Gasteiger partial charge in [-0.25, -0.2) is 18.4 Å². The third kappa shape index (κ3) is 12.0. The Kier molecular flexibility index (Phi) is 15.5. The number of carbonyl (C=O) groups excluding carboxylic acids is 6. The topological polar surface area (TPSA) is 149 Å². The largest absolute Gasteiger partial charge is 0.462 e. The summed E-state index contributed by atoms with van der Waals surface area (Å²) < 4.78 is 109. The highest BCUT2D eigenvalue weighted by Crippen LogP contribution is 2.62. The molecule has 1 atom stereocenters. The lowest BCUT2D eigenvalue weighted by atomic mass is 9.48. The van der Waals surface area contributed by atoms with Crippen LogP contribution in [-0.4, -0.2) is 86.4 Å². The molecule has 352 valence electrons. The second-order valence-corrected chi connectivity index (χ2v) is 20.1. The SMILES string of the molecule is CCC(C)(C)C(=O)OCCOC(=O)C(F)(F)COC(=O)C12CC3CC(CC(C3)C1)C2.CCC(C)C(=O)OCCOC(=O)C(F)(F)CC(F)(F)CC(=O)C12CC3CC(CC(C3)C1)C2. The summed E-state index contributed by atoms with van der Waals surface area (Å²) in [6.45, 7) is 5.40. The number of ketones is 1. The van der Waals surface area contributed by atoms with Crippen LogP contribution in [0.25, 0.3) is 0 Å². The minimum Gasteiger partial charge on any atom is -0.462 e. The van der Waals surface area contributed by atoms with Crippen LogP contribution >= 0.6 is 0 Å². The summed E-state index contributed by atoms with van der Waals surface area (Å²) in [6.07, 6.45) is 7.97. The van der Waals surface area contributed by atoms with Crippen molar-refractivity contribution in [3.63, 3.8) is 0 Å². The predicted octanol–water partition coefficient (Wildman–Crippen LogP) is 8.86. The highest BCUT2D eigenvalue weighted by molar-refractivity contribution is 5.86. The molecule has 0 spiro atoms. The first-order valence-corrected chi connectivity index (χ1v) is 22.4. The monoisotopic (exact) mass is 894 g/mol. The molecule has 17 heteroatoms. The van der Waals surface area contributed by atoms with E-state index in [-0.39, 0.29) is 6.61 Å². The summed E-state index contributed by atoms with van der Waals surface area (Å²) in [5.41, 5.74) is -2.16. The molecule has 62 heavy (non-hydrogen) atoms. The van der Waals surface area contributed by atoms with Crippen molar-refractivity contribution < 1.29 is 78.8 Å². The molecule has 0 aromatic carbocycles. The number of halogens is 6. The van der Waals surface area contributed by atoms with E-state index in [0.29, 0.717) is 86.9 Å². The van der Waals surface area contributed by atoms with Crippen LogP contribution in [-0.2, 0) is 52.5 Å². The molecule has 0 heterocycles. The summed E-state index contributed by atoms with van der Waals surface area (Å²) in [6, 6.07) is 0. The lowest BCUT2D eigenvalue weighted by Crippen LogP contribution is -2.51. The Labute approximate surface area is 359 Å². The van der Waals surface area contributed by atoms with Crippen LogP contribution in [0.2, 0.25) is 0 Å². The van der Waals surface area contributed by atoms with E-state index in [2.05, 4.69) is 9.47 Å². The lowest BCUT2D eigenvalue weighted by molar-refractivity contribution is -0.194. The smallest absolute Gasteiger partial charge is 0.380 e. The van der Waals surface area contributed by atoms with Crippen molar-refractivity contribution in [3.8, 4) is 0 Å². The van der Waals surface area contributed by atoms with Gasteiger partial charge in [0.05, 0.1) is 29.6 Å². The minimum atomic E-state index is -4.45. The maximum atomic E-state index is 14.5. The van der Waals surface area contributed by atoms with Gasteiger partial charge in [0.1, 0.15) is 32.2 Å². The number of alkyl halides is 6. The van der Waals surface area contributed by atoms with Crippen molar-refractivity contribution in [2.24, 2.45) is 57.7 Å². The molecule has 8 aliphatic carbocycles. The van der Waals surface area contributed by atoms with Gasteiger partial charge in [-0.3, -0.25) is 19.2 Å². The molecule has 0 N–H and O–H groups in total. The summed E-state index contributed by atoms with van der Waals surface area (Å²) in [5.74, 6) is -16.5.